The van der Waals surface area contributed by atoms with E-state index < -0.39 is 0 Å². The van der Waals surface area contributed by atoms with Crippen LogP contribution in [0.5, 0.6) is 11.5 Å². The van der Waals surface area contributed by atoms with Crippen molar-refractivity contribution in [2.24, 2.45) is 9.98 Å². The van der Waals surface area contributed by atoms with Crippen molar-refractivity contribution in [1.29, 1.82) is 0 Å². The fourth-order valence-electron chi connectivity index (χ4n) is 1.47. The van der Waals surface area contributed by atoms with Gasteiger partial charge in [0.15, 0.2) is 0 Å². The van der Waals surface area contributed by atoms with E-state index in [1.54, 1.807) is 50.8 Å². The zero-order chi connectivity index (χ0) is 14.8. The predicted octanol–water partition coefficient (Wildman–Crippen LogP) is 3.52. The van der Waals surface area contributed by atoms with Gasteiger partial charge in [0.2, 0.25) is 0 Å². The van der Waals surface area contributed by atoms with Crippen LogP contribution in [-0.4, -0.2) is 36.7 Å². The van der Waals surface area contributed by atoms with E-state index in [0.717, 1.165) is 11.1 Å². The van der Waals surface area contributed by atoms with Gasteiger partial charge in [-0.1, -0.05) is 31.7 Å². The van der Waals surface area contributed by atoms with Crippen LogP contribution in [0.4, 0.5) is 0 Å². The molecule has 0 amide bonds. The number of hydrogen-bond acceptors (Lipinski definition) is 4. The molecule has 0 heterocycles. The Labute approximate surface area is 142 Å². The van der Waals surface area contributed by atoms with Crippen molar-refractivity contribution in [2.45, 2.75) is 7.43 Å². The topological polar surface area (TPSA) is 65.2 Å². The van der Waals surface area contributed by atoms with Crippen LogP contribution < -0.4 is 0 Å². The van der Waals surface area contributed by atoms with Gasteiger partial charge >= 0.3 is 0 Å². The minimum Gasteiger partial charge on any atom is -0.507 e. The van der Waals surface area contributed by atoms with Crippen LogP contribution in [0.3, 0.4) is 0 Å². The van der Waals surface area contributed by atoms with Crippen molar-refractivity contribution in [2.75, 3.05) is 14.1 Å². The maximum absolute atomic E-state index is 9.15. The maximum atomic E-state index is 9.15. The maximum Gasteiger partial charge on any atom is 0.124 e. The summed E-state index contributed by atoms with van der Waals surface area (Å²) in [6.45, 7) is 0. The molecule has 2 aromatic carbocycles. The number of hydrogen-bond donors (Lipinski definition) is 2. The van der Waals surface area contributed by atoms with Crippen LogP contribution >= 0.6 is 0 Å². The van der Waals surface area contributed by atoms with Crippen LogP contribution in [0.25, 0.3) is 0 Å². The molecule has 2 aromatic rings. The zero-order valence-corrected chi connectivity index (χ0v) is 12.9. The Balaban J connectivity index is 0. The van der Waals surface area contributed by atoms with Crippen LogP contribution in [0, 0.1) is 0 Å². The Morgan fingerprint density at radius 2 is 1.05 bits per heavy atom. The van der Waals surface area contributed by atoms with E-state index in [0.29, 0.717) is 0 Å². The molecule has 0 atom stereocenters. The number of aromatic hydroxyl groups is 2. The molecule has 0 radical (unpaired) electrons. The molecule has 0 bridgehead atoms. The molecule has 5 heteroatoms. The fourth-order valence-corrected chi connectivity index (χ4v) is 1.47. The third-order valence-electron chi connectivity index (χ3n) is 2.41. The summed E-state index contributed by atoms with van der Waals surface area (Å²) in [6.07, 6.45) is 3.24. The molecule has 0 aromatic heterocycles. The molecular weight excluding hydrogens is 323 g/mol. The second kappa shape index (κ2) is 12.6. The molecule has 0 saturated heterocycles. The summed E-state index contributed by atoms with van der Waals surface area (Å²) in [5.41, 5.74) is 1.51. The quantitative estimate of drug-likeness (QED) is 0.646. The van der Waals surface area contributed by atoms with Gasteiger partial charge in [-0.05, 0) is 24.3 Å². The van der Waals surface area contributed by atoms with Crippen molar-refractivity contribution >= 4 is 12.4 Å². The van der Waals surface area contributed by atoms with Crippen LogP contribution in [-0.2, 0) is 16.5 Å². The number of phenols is 2. The molecule has 4 nitrogen and oxygen atoms in total. The molecular formula is C17H22N2NiO2. The first-order valence-corrected chi connectivity index (χ1v) is 6.09. The Hall–Kier alpha value is -2.13. The fraction of sp³-hybridized carbons (Fsp3) is 0.176. The molecule has 0 unspecified atom stereocenters. The number of nitrogens with zero attached hydrogens (tertiary/aromatic N) is 2. The Morgan fingerprint density at radius 3 is 1.32 bits per heavy atom. The van der Waals surface area contributed by atoms with Gasteiger partial charge in [-0.2, -0.15) is 0 Å². The van der Waals surface area contributed by atoms with Crippen molar-refractivity contribution in [3.63, 3.8) is 0 Å². The largest absolute Gasteiger partial charge is 0.507 e. The number of rotatable bonds is 2. The average molecular weight is 345 g/mol. The molecule has 0 fully saturated rings. The standard InChI is InChI=1S/2C8H9NO.CH4.Ni/c2*1-9-6-7-4-2-3-5-8(7)10;;/h2*2-6,10H,1H3;1H4;. The van der Waals surface area contributed by atoms with E-state index in [2.05, 4.69) is 9.98 Å². The summed E-state index contributed by atoms with van der Waals surface area (Å²) >= 11 is 0. The first-order valence-electron chi connectivity index (χ1n) is 6.09. The van der Waals surface area contributed by atoms with Gasteiger partial charge in [0.25, 0.3) is 0 Å². The molecule has 122 valence electrons. The first-order chi connectivity index (χ1) is 9.69. The van der Waals surface area contributed by atoms with Crippen LogP contribution in [0.1, 0.15) is 18.6 Å². The summed E-state index contributed by atoms with van der Waals surface area (Å²) in [4.78, 5) is 7.56. The van der Waals surface area contributed by atoms with E-state index in [9.17, 15) is 0 Å². The van der Waals surface area contributed by atoms with Gasteiger partial charge in [0, 0.05) is 54.1 Å². The monoisotopic (exact) mass is 344 g/mol. The van der Waals surface area contributed by atoms with Gasteiger partial charge in [-0.25, -0.2) is 0 Å². The van der Waals surface area contributed by atoms with E-state index in [1.807, 2.05) is 24.3 Å². The molecule has 2 rings (SSSR count). The number of phenolic OH excluding ortho intramolecular Hbond substituents is 2. The smallest absolute Gasteiger partial charge is 0.124 e. The molecule has 0 spiro atoms. The second-order valence-electron chi connectivity index (χ2n) is 3.89. The molecule has 2 N–H and O–H groups in total. The van der Waals surface area contributed by atoms with Crippen molar-refractivity contribution < 1.29 is 26.7 Å². The first kappa shape index (κ1) is 22.2. The zero-order valence-electron chi connectivity index (χ0n) is 11.9. The summed E-state index contributed by atoms with van der Waals surface area (Å²) in [5.74, 6) is 0.543. The van der Waals surface area contributed by atoms with Gasteiger partial charge in [0.05, 0.1) is 0 Å². The van der Waals surface area contributed by atoms with Gasteiger partial charge in [-0.15, -0.1) is 0 Å². The minimum absolute atomic E-state index is 0. The minimum atomic E-state index is 0. The predicted molar refractivity (Wildman–Crippen MR) is 90.0 cm³/mol. The third-order valence-corrected chi connectivity index (χ3v) is 2.41. The number of para-hydroxylation sites is 2. The Bertz CT molecular complexity index is 545. The molecule has 22 heavy (non-hydrogen) atoms. The van der Waals surface area contributed by atoms with Crippen molar-refractivity contribution in [3.05, 3.63) is 59.7 Å². The SMILES string of the molecule is C.CN=Cc1ccccc1O.CN=Cc1ccccc1O.[Ni]. The van der Waals surface area contributed by atoms with Crippen molar-refractivity contribution in [1.82, 2.24) is 0 Å². The molecule has 0 aliphatic rings. The summed E-state index contributed by atoms with van der Waals surface area (Å²) < 4.78 is 0. The van der Waals surface area contributed by atoms with Gasteiger partial charge in [-0.3, -0.25) is 9.98 Å². The third kappa shape index (κ3) is 7.60. The summed E-state index contributed by atoms with van der Waals surface area (Å²) in [6, 6.07) is 14.2. The Kier molecular flexibility index (Phi) is 12.7. The summed E-state index contributed by atoms with van der Waals surface area (Å²) in [5, 5.41) is 18.3. The molecule has 0 saturated carbocycles. The molecule has 0 aliphatic heterocycles. The van der Waals surface area contributed by atoms with E-state index >= 15 is 0 Å². The second-order valence-corrected chi connectivity index (χ2v) is 3.89. The van der Waals surface area contributed by atoms with Crippen molar-refractivity contribution in [3.8, 4) is 11.5 Å². The number of benzene rings is 2. The van der Waals surface area contributed by atoms with Gasteiger partial charge < -0.3 is 10.2 Å². The van der Waals surface area contributed by atoms with Crippen LogP contribution in [0.15, 0.2) is 58.5 Å². The average Bonchev–Trinajstić information content (AvgIpc) is 2.45. The van der Waals surface area contributed by atoms with E-state index in [1.165, 1.54) is 0 Å². The summed E-state index contributed by atoms with van der Waals surface area (Å²) in [7, 11) is 3.35. The van der Waals surface area contributed by atoms with Crippen LogP contribution in [0.2, 0.25) is 0 Å². The van der Waals surface area contributed by atoms with E-state index in [4.69, 9.17) is 10.2 Å². The Morgan fingerprint density at radius 1 is 0.727 bits per heavy atom. The van der Waals surface area contributed by atoms with Gasteiger partial charge in [0.1, 0.15) is 11.5 Å². The number of aliphatic imine (C=N–C) groups is 2. The normalized spacial score (nSPS) is 9.55. The van der Waals surface area contributed by atoms with E-state index in [-0.39, 0.29) is 35.4 Å². The molecule has 0 aliphatic carbocycles.